The number of halogens is 1. The van der Waals surface area contributed by atoms with Gasteiger partial charge in [0.15, 0.2) is 0 Å². The number of methoxy groups -OCH3 is 1. The highest BCUT2D eigenvalue weighted by atomic mass is 79.9. The summed E-state index contributed by atoms with van der Waals surface area (Å²) in [5, 5.41) is 2.82. The Labute approximate surface area is 172 Å². The summed E-state index contributed by atoms with van der Waals surface area (Å²) in [6.07, 6.45) is 0.788. The molecule has 2 aromatic carbocycles. The monoisotopic (exact) mass is 450 g/mol. The Bertz CT molecular complexity index is 768. The van der Waals surface area contributed by atoms with Crippen LogP contribution in [0.1, 0.15) is 13.3 Å². The van der Waals surface area contributed by atoms with Gasteiger partial charge in [-0.25, -0.2) is 0 Å². The Morgan fingerprint density at radius 1 is 1.15 bits per heavy atom. The molecule has 2 aromatic rings. The molecule has 2 amide bonds. The Balaban J connectivity index is 1.93. The zero-order chi connectivity index (χ0) is 19.6. The number of ether oxygens (including phenoxy) is 1. The summed E-state index contributed by atoms with van der Waals surface area (Å²) in [5.41, 5.74) is 0.595. The van der Waals surface area contributed by atoms with Crippen molar-refractivity contribution in [1.82, 2.24) is 4.90 Å². The number of carbonyl (C=O) groups excluding carboxylic acids is 2. The molecule has 0 heterocycles. The fraction of sp³-hybridized carbons (Fsp3) is 0.300. The van der Waals surface area contributed by atoms with Gasteiger partial charge in [-0.2, -0.15) is 0 Å². The molecular weight excluding hydrogens is 428 g/mol. The number of thioether (sulfide) groups is 1. The second kappa shape index (κ2) is 11.0. The van der Waals surface area contributed by atoms with Crippen LogP contribution in [-0.4, -0.2) is 42.7 Å². The average molecular weight is 451 g/mol. The summed E-state index contributed by atoms with van der Waals surface area (Å²) in [7, 11) is 1.55. The van der Waals surface area contributed by atoms with E-state index >= 15 is 0 Å². The van der Waals surface area contributed by atoms with Crippen LogP contribution in [0, 0.1) is 0 Å². The van der Waals surface area contributed by atoms with Gasteiger partial charge in [0.05, 0.1) is 25.1 Å². The number of hydrogen-bond donors (Lipinski definition) is 1. The molecule has 0 unspecified atom stereocenters. The lowest BCUT2D eigenvalue weighted by Gasteiger charge is -2.22. The smallest absolute Gasteiger partial charge is 0.244 e. The third-order valence-electron chi connectivity index (χ3n) is 3.74. The van der Waals surface area contributed by atoms with E-state index in [0.717, 1.165) is 15.8 Å². The van der Waals surface area contributed by atoms with Crippen LogP contribution in [-0.2, 0) is 9.59 Å². The summed E-state index contributed by atoms with van der Waals surface area (Å²) in [4.78, 5) is 27.6. The number of benzene rings is 2. The second-order valence-corrected chi connectivity index (χ2v) is 7.77. The molecule has 0 aromatic heterocycles. The SMILES string of the molecule is CCCN(CC(=O)Nc1ccccc1OC)C(=O)CSc1ccc(Br)cc1. The van der Waals surface area contributed by atoms with Crippen LogP contribution in [0.15, 0.2) is 57.9 Å². The predicted molar refractivity (Wildman–Crippen MR) is 113 cm³/mol. The second-order valence-electron chi connectivity index (χ2n) is 5.81. The number of anilines is 1. The van der Waals surface area contributed by atoms with E-state index < -0.39 is 0 Å². The summed E-state index contributed by atoms with van der Waals surface area (Å²) < 4.78 is 6.24. The van der Waals surface area contributed by atoms with Crippen LogP contribution < -0.4 is 10.1 Å². The summed E-state index contributed by atoms with van der Waals surface area (Å²) in [5.74, 6) is 0.587. The first-order valence-electron chi connectivity index (χ1n) is 8.62. The van der Waals surface area contributed by atoms with Gasteiger partial charge in [-0.05, 0) is 42.8 Å². The first-order valence-corrected chi connectivity index (χ1v) is 10.4. The summed E-state index contributed by atoms with van der Waals surface area (Å²) >= 11 is 4.86. The molecule has 27 heavy (non-hydrogen) atoms. The zero-order valence-electron chi connectivity index (χ0n) is 15.4. The minimum absolute atomic E-state index is 0.0195. The summed E-state index contributed by atoms with van der Waals surface area (Å²) in [6.45, 7) is 2.55. The molecule has 0 radical (unpaired) electrons. The van der Waals surface area contributed by atoms with E-state index in [2.05, 4.69) is 21.2 Å². The molecule has 144 valence electrons. The Hall–Kier alpha value is -1.99. The third kappa shape index (κ3) is 6.92. The van der Waals surface area contributed by atoms with E-state index in [1.165, 1.54) is 11.8 Å². The van der Waals surface area contributed by atoms with Gasteiger partial charge in [-0.3, -0.25) is 9.59 Å². The number of hydrogen-bond acceptors (Lipinski definition) is 4. The quantitative estimate of drug-likeness (QED) is 0.574. The number of nitrogens with zero attached hydrogens (tertiary/aromatic N) is 1. The number of carbonyl (C=O) groups is 2. The van der Waals surface area contributed by atoms with Gasteiger partial charge < -0.3 is 15.0 Å². The Kier molecular flexibility index (Phi) is 8.67. The third-order valence-corrected chi connectivity index (χ3v) is 5.26. The molecule has 0 bridgehead atoms. The first-order chi connectivity index (χ1) is 13.0. The fourth-order valence-corrected chi connectivity index (χ4v) is 3.51. The molecule has 1 N–H and O–H groups in total. The van der Waals surface area contributed by atoms with Crippen molar-refractivity contribution in [1.29, 1.82) is 0 Å². The Morgan fingerprint density at radius 3 is 2.52 bits per heavy atom. The van der Waals surface area contributed by atoms with Crippen LogP contribution >= 0.6 is 27.7 Å². The van der Waals surface area contributed by atoms with E-state index in [1.54, 1.807) is 24.1 Å². The van der Waals surface area contributed by atoms with Crippen LogP contribution in [0.25, 0.3) is 0 Å². The van der Waals surface area contributed by atoms with Gasteiger partial charge in [-0.1, -0.05) is 35.0 Å². The van der Waals surface area contributed by atoms with Crippen molar-refractivity contribution >= 4 is 45.2 Å². The maximum absolute atomic E-state index is 12.6. The van der Waals surface area contributed by atoms with Gasteiger partial charge in [0.25, 0.3) is 0 Å². The van der Waals surface area contributed by atoms with Crippen molar-refractivity contribution in [3.05, 3.63) is 53.0 Å². The Morgan fingerprint density at radius 2 is 1.85 bits per heavy atom. The number of para-hydroxylation sites is 2. The normalized spacial score (nSPS) is 10.3. The molecule has 7 heteroatoms. The molecule has 0 fully saturated rings. The first kappa shape index (κ1) is 21.3. The van der Waals surface area contributed by atoms with Gasteiger partial charge in [0.1, 0.15) is 5.75 Å². The van der Waals surface area contributed by atoms with E-state index in [1.807, 2.05) is 43.3 Å². The van der Waals surface area contributed by atoms with E-state index in [9.17, 15) is 9.59 Å². The molecule has 5 nitrogen and oxygen atoms in total. The number of rotatable bonds is 9. The zero-order valence-corrected chi connectivity index (χ0v) is 17.8. The van der Waals surface area contributed by atoms with Gasteiger partial charge in [0, 0.05) is 15.9 Å². The number of amides is 2. The van der Waals surface area contributed by atoms with Crippen molar-refractivity contribution < 1.29 is 14.3 Å². The fourth-order valence-electron chi connectivity index (χ4n) is 2.44. The largest absolute Gasteiger partial charge is 0.495 e. The molecule has 0 aliphatic carbocycles. The maximum atomic E-state index is 12.6. The maximum Gasteiger partial charge on any atom is 0.244 e. The van der Waals surface area contributed by atoms with Crippen molar-refractivity contribution in [3.8, 4) is 5.75 Å². The molecule has 0 atom stereocenters. The predicted octanol–water partition coefficient (Wildman–Crippen LogP) is 4.43. The number of nitrogens with one attached hydrogen (secondary N) is 1. The highest BCUT2D eigenvalue weighted by Gasteiger charge is 2.17. The molecule has 0 saturated heterocycles. The van der Waals surface area contributed by atoms with Gasteiger partial charge >= 0.3 is 0 Å². The minimum Gasteiger partial charge on any atom is -0.495 e. The van der Waals surface area contributed by atoms with Crippen LogP contribution in [0.5, 0.6) is 5.75 Å². The van der Waals surface area contributed by atoms with Gasteiger partial charge in [0.2, 0.25) is 11.8 Å². The highest BCUT2D eigenvalue weighted by molar-refractivity contribution is 9.10. The molecule has 0 saturated carbocycles. The van der Waals surface area contributed by atoms with Crippen molar-refractivity contribution in [2.75, 3.05) is 31.3 Å². The van der Waals surface area contributed by atoms with E-state index in [4.69, 9.17) is 4.74 Å². The van der Waals surface area contributed by atoms with E-state index in [0.29, 0.717) is 23.7 Å². The standard InChI is InChI=1S/C20H23BrN2O3S/c1-3-12-23(20(25)14-27-16-10-8-15(21)9-11-16)13-19(24)22-17-6-4-5-7-18(17)26-2/h4-11H,3,12-14H2,1-2H3,(H,22,24). The molecule has 0 aliphatic rings. The van der Waals surface area contributed by atoms with Crippen LogP contribution in [0.3, 0.4) is 0 Å². The lowest BCUT2D eigenvalue weighted by Crippen LogP contribution is -2.39. The van der Waals surface area contributed by atoms with Crippen molar-refractivity contribution in [2.45, 2.75) is 18.2 Å². The van der Waals surface area contributed by atoms with Crippen molar-refractivity contribution in [2.24, 2.45) is 0 Å². The average Bonchev–Trinajstić information content (AvgIpc) is 2.67. The lowest BCUT2D eigenvalue weighted by atomic mass is 10.3. The van der Waals surface area contributed by atoms with Crippen LogP contribution in [0.4, 0.5) is 5.69 Å². The lowest BCUT2D eigenvalue weighted by molar-refractivity contribution is -0.132. The van der Waals surface area contributed by atoms with Gasteiger partial charge in [-0.15, -0.1) is 11.8 Å². The minimum atomic E-state index is -0.241. The molecule has 0 spiro atoms. The molecule has 0 aliphatic heterocycles. The molecule has 2 rings (SSSR count). The summed E-state index contributed by atoms with van der Waals surface area (Å²) in [6, 6.07) is 15.0. The van der Waals surface area contributed by atoms with Crippen molar-refractivity contribution in [3.63, 3.8) is 0 Å². The van der Waals surface area contributed by atoms with Crippen LogP contribution in [0.2, 0.25) is 0 Å². The topological polar surface area (TPSA) is 58.6 Å². The molecular formula is C20H23BrN2O3S. The van der Waals surface area contributed by atoms with E-state index in [-0.39, 0.29) is 18.4 Å². The highest BCUT2D eigenvalue weighted by Crippen LogP contribution is 2.23.